The zero-order valence-corrected chi connectivity index (χ0v) is 11.1. The minimum absolute atomic E-state index is 0.0232. The van der Waals surface area contributed by atoms with Gasteiger partial charge in [-0.05, 0) is 13.0 Å². The first kappa shape index (κ1) is 13.2. The Kier molecular flexibility index (Phi) is 3.25. The predicted molar refractivity (Wildman–Crippen MR) is 69.5 cm³/mol. The summed E-state index contributed by atoms with van der Waals surface area (Å²) in [6, 6.07) is 5.97. The summed E-state index contributed by atoms with van der Waals surface area (Å²) in [5.74, 6) is -1.54. The van der Waals surface area contributed by atoms with E-state index in [1.165, 1.54) is 12.1 Å². The SMILES string of the molecule is CC(F)(F)c1ccc(-c2noc(C3CCNC3)n2)cc1. The zero-order valence-electron chi connectivity index (χ0n) is 11.1. The van der Waals surface area contributed by atoms with Gasteiger partial charge in [0.15, 0.2) is 0 Å². The highest BCUT2D eigenvalue weighted by Crippen LogP contribution is 2.29. The molecule has 1 unspecified atom stereocenters. The van der Waals surface area contributed by atoms with Crippen molar-refractivity contribution in [3.63, 3.8) is 0 Å². The minimum Gasteiger partial charge on any atom is -0.339 e. The number of hydrogen-bond acceptors (Lipinski definition) is 4. The molecule has 1 fully saturated rings. The molecule has 106 valence electrons. The van der Waals surface area contributed by atoms with Crippen molar-refractivity contribution in [1.29, 1.82) is 0 Å². The molecular weight excluding hydrogens is 264 g/mol. The molecule has 1 aliphatic rings. The largest absolute Gasteiger partial charge is 0.339 e. The van der Waals surface area contributed by atoms with E-state index in [1.54, 1.807) is 12.1 Å². The summed E-state index contributed by atoms with van der Waals surface area (Å²) >= 11 is 0. The highest BCUT2D eigenvalue weighted by atomic mass is 19.3. The maximum atomic E-state index is 13.1. The Bertz CT molecular complexity index is 583. The van der Waals surface area contributed by atoms with Gasteiger partial charge in [0.2, 0.25) is 11.7 Å². The van der Waals surface area contributed by atoms with Crippen molar-refractivity contribution in [3.8, 4) is 11.4 Å². The number of benzene rings is 1. The number of rotatable bonds is 3. The van der Waals surface area contributed by atoms with Crippen molar-refractivity contribution < 1.29 is 13.3 Å². The van der Waals surface area contributed by atoms with E-state index in [9.17, 15) is 8.78 Å². The molecule has 6 heteroatoms. The third kappa shape index (κ3) is 2.56. The van der Waals surface area contributed by atoms with Gasteiger partial charge in [-0.1, -0.05) is 29.4 Å². The van der Waals surface area contributed by atoms with Gasteiger partial charge in [0, 0.05) is 24.6 Å². The molecule has 2 heterocycles. The summed E-state index contributed by atoms with van der Waals surface area (Å²) < 4.78 is 31.5. The summed E-state index contributed by atoms with van der Waals surface area (Å²) in [6.45, 7) is 2.66. The molecule has 2 aromatic rings. The molecule has 1 saturated heterocycles. The molecule has 1 aromatic heterocycles. The molecular formula is C14H15F2N3O. The molecule has 0 aliphatic carbocycles. The number of nitrogens with one attached hydrogen (secondary N) is 1. The first-order valence-corrected chi connectivity index (χ1v) is 6.57. The van der Waals surface area contributed by atoms with Crippen molar-refractivity contribution in [3.05, 3.63) is 35.7 Å². The minimum atomic E-state index is -2.84. The second kappa shape index (κ2) is 4.94. The Morgan fingerprint density at radius 2 is 2.05 bits per heavy atom. The van der Waals surface area contributed by atoms with E-state index in [4.69, 9.17) is 4.52 Å². The van der Waals surface area contributed by atoms with Gasteiger partial charge in [0.25, 0.3) is 5.92 Å². The average Bonchev–Trinajstić information content (AvgIpc) is 3.09. The van der Waals surface area contributed by atoms with Crippen molar-refractivity contribution in [2.45, 2.75) is 25.2 Å². The van der Waals surface area contributed by atoms with Crippen LogP contribution in [0.25, 0.3) is 11.4 Å². The van der Waals surface area contributed by atoms with Crippen LogP contribution in [0, 0.1) is 0 Å². The van der Waals surface area contributed by atoms with Gasteiger partial charge in [-0.2, -0.15) is 4.98 Å². The van der Waals surface area contributed by atoms with Gasteiger partial charge in [0.05, 0.1) is 5.92 Å². The molecule has 0 bridgehead atoms. The third-order valence-corrected chi connectivity index (χ3v) is 3.50. The van der Waals surface area contributed by atoms with Gasteiger partial charge in [0.1, 0.15) is 0 Å². The molecule has 1 atom stereocenters. The first-order chi connectivity index (χ1) is 9.54. The van der Waals surface area contributed by atoms with Crippen LogP contribution in [0.4, 0.5) is 8.78 Å². The summed E-state index contributed by atoms with van der Waals surface area (Å²) in [4.78, 5) is 4.35. The van der Waals surface area contributed by atoms with Crippen molar-refractivity contribution >= 4 is 0 Å². The summed E-state index contributed by atoms with van der Waals surface area (Å²) in [7, 11) is 0. The second-order valence-electron chi connectivity index (χ2n) is 5.11. The third-order valence-electron chi connectivity index (χ3n) is 3.50. The van der Waals surface area contributed by atoms with E-state index in [2.05, 4.69) is 15.5 Å². The molecule has 0 radical (unpaired) electrons. The molecule has 20 heavy (non-hydrogen) atoms. The average molecular weight is 279 g/mol. The van der Waals surface area contributed by atoms with Gasteiger partial charge in [-0.15, -0.1) is 0 Å². The Morgan fingerprint density at radius 3 is 2.65 bits per heavy atom. The van der Waals surface area contributed by atoms with E-state index in [1.807, 2.05) is 0 Å². The molecule has 0 spiro atoms. The van der Waals surface area contributed by atoms with Crippen molar-refractivity contribution in [2.24, 2.45) is 0 Å². The summed E-state index contributed by atoms with van der Waals surface area (Å²) in [5.41, 5.74) is 0.656. The van der Waals surface area contributed by atoms with Crippen LogP contribution in [-0.2, 0) is 5.92 Å². The number of hydrogen-bond donors (Lipinski definition) is 1. The number of nitrogens with zero attached hydrogens (tertiary/aromatic N) is 2. The van der Waals surface area contributed by atoms with Crippen LogP contribution in [0.1, 0.15) is 30.7 Å². The van der Waals surface area contributed by atoms with Gasteiger partial charge in [-0.25, -0.2) is 8.78 Å². The quantitative estimate of drug-likeness (QED) is 0.938. The van der Waals surface area contributed by atoms with Gasteiger partial charge >= 0.3 is 0 Å². The fraction of sp³-hybridized carbons (Fsp3) is 0.429. The fourth-order valence-electron chi connectivity index (χ4n) is 2.30. The van der Waals surface area contributed by atoms with Crippen molar-refractivity contribution in [2.75, 3.05) is 13.1 Å². The summed E-state index contributed by atoms with van der Waals surface area (Å²) in [6.07, 6.45) is 0.975. The highest BCUT2D eigenvalue weighted by molar-refractivity contribution is 5.55. The van der Waals surface area contributed by atoms with Crippen LogP contribution in [0.2, 0.25) is 0 Å². The smallest absolute Gasteiger partial charge is 0.270 e. The first-order valence-electron chi connectivity index (χ1n) is 6.57. The number of halogens is 2. The lowest BCUT2D eigenvalue weighted by molar-refractivity contribution is 0.0175. The Labute approximate surface area is 115 Å². The molecule has 1 aliphatic heterocycles. The van der Waals surface area contributed by atoms with Crippen LogP contribution in [0.3, 0.4) is 0 Å². The highest BCUT2D eigenvalue weighted by Gasteiger charge is 2.25. The van der Waals surface area contributed by atoms with E-state index >= 15 is 0 Å². The Morgan fingerprint density at radius 1 is 1.30 bits per heavy atom. The van der Waals surface area contributed by atoms with Crippen LogP contribution in [0.15, 0.2) is 28.8 Å². The normalized spacial score (nSPS) is 19.4. The topological polar surface area (TPSA) is 51.0 Å². The van der Waals surface area contributed by atoms with E-state index in [0.29, 0.717) is 17.3 Å². The lowest BCUT2D eigenvalue weighted by atomic mass is 10.1. The van der Waals surface area contributed by atoms with E-state index < -0.39 is 5.92 Å². The van der Waals surface area contributed by atoms with E-state index in [-0.39, 0.29) is 11.5 Å². The van der Waals surface area contributed by atoms with Crippen LogP contribution in [-0.4, -0.2) is 23.2 Å². The van der Waals surface area contributed by atoms with E-state index in [0.717, 1.165) is 26.4 Å². The molecule has 4 nitrogen and oxygen atoms in total. The summed E-state index contributed by atoms with van der Waals surface area (Å²) in [5, 5.41) is 7.15. The van der Waals surface area contributed by atoms with Gasteiger partial charge in [-0.3, -0.25) is 0 Å². The lowest BCUT2D eigenvalue weighted by Gasteiger charge is -2.09. The molecule has 1 N–H and O–H groups in total. The van der Waals surface area contributed by atoms with Crippen molar-refractivity contribution in [1.82, 2.24) is 15.5 Å². The molecule has 1 aromatic carbocycles. The van der Waals surface area contributed by atoms with Crippen LogP contribution >= 0.6 is 0 Å². The maximum absolute atomic E-state index is 13.1. The fourth-order valence-corrected chi connectivity index (χ4v) is 2.30. The molecule has 0 amide bonds. The number of alkyl halides is 2. The molecule has 3 rings (SSSR count). The Balaban J connectivity index is 1.82. The lowest BCUT2D eigenvalue weighted by Crippen LogP contribution is -2.08. The standard InChI is InChI=1S/C14H15F2N3O/c1-14(15,16)11-4-2-9(3-5-11)12-18-13(20-19-12)10-6-7-17-8-10/h2-5,10,17H,6-8H2,1H3. The van der Waals surface area contributed by atoms with Gasteiger partial charge < -0.3 is 9.84 Å². The Hall–Kier alpha value is -1.82. The number of aromatic nitrogens is 2. The monoisotopic (exact) mass is 279 g/mol. The zero-order chi connectivity index (χ0) is 14.2. The van der Waals surface area contributed by atoms with Crippen LogP contribution in [0.5, 0.6) is 0 Å². The predicted octanol–water partition coefficient (Wildman–Crippen LogP) is 2.93. The van der Waals surface area contributed by atoms with Crippen LogP contribution < -0.4 is 5.32 Å². The molecule has 0 saturated carbocycles. The second-order valence-corrected chi connectivity index (χ2v) is 5.11. The maximum Gasteiger partial charge on any atom is 0.270 e.